The van der Waals surface area contributed by atoms with E-state index in [-0.39, 0.29) is 5.54 Å². The van der Waals surface area contributed by atoms with Gasteiger partial charge in [0.1, 0.15) is 0 Å². The summed E-state index contributed by atoms with van der Waals surface area (Å²) in [5.41, 5.74) is 3.52. The molecule has 0 saturated carbocycles. The Balaban J connectivity index is 2.68. The molecule has 0 heterocycles. The van der Waals surface area contributed by atoms with E-state index in [1.54, 1.807) is 0 Å². The van der Waals surface area contributed by atoms with Crippen LogP contribution in [-0.2, 0) is 13.0 Å². The molecule has 0 saturated heterocycles. The fraction of sp³-hybridized carbons (Fsp3) is 0.647. The molecule has 0 atom stereocenters. The molecule has 0 aliphatic carbocycles. The van der Waals surface area contributed by atoms with E-state index < -0.39 is 0 Å². The Labute approximate surface area is 113 Å². The molecule has 1 N–H and O–H groups in total. The van der Waals surface area contributed by atoms with Crippen molar-refractivity contribution >= 4 is 0 Å². The summed E-state index contributed by atoms with van der Waals surface area (Å²) in [4.78, 5) is 0. The minimum atomic E-state index is 0.178. The van der Waals surface area contributed by atoms with Gasteiger partial charge in [-0.05, 0) is 50.2 Å². The van der Waals surface area contributed by atoms with Gasteiger partial charge >= 0.3 is 0 Å². The highest BCUT2D eigenvalue weighted by Gasteiger charge is 2.13. The van der Waals surface area contributed by atoms with Crippen LogP contribution in [0.4, 0.5) is 0 Å². The first kappa shape index (κ1) is 15.2. The molecule has 0 aliphatic rings. The number of nitrogens with one attached hydrogen (secondary N) is 1. The lowest BCUT2D eigenvalue weighted by Crippen LogP contribution is -2.35. The van der Waals surface area contributed by atoms with Crippen LogP contribution in [0, 0.1) is 5.41 Å². The summed E-state index contributed by atoms with van der Waals surface area (Å²) in [7, 11) is 0. The van der Waals surface area contributed by atoms with Gasteiger partial charge in [0.05, 0.1) is 0 Å². The third-order valence-electron chi connectivity index (χ3n) is 3.07. The molecule has 0 fully saturated rings. The minimum absolute atomic E-state index is 0.178. The Kier molecular flexibility index (Phi) is 4.98. The van der Waals surface area contributed by atoms with Gasteiger partial charge in [0.25, 0.3) is 0 Å². The van der Waals surface area contributed by atoms with Crippen molar-refractivity contribution < 1.29 is 0 Å². The Hall–Kier alpha value is -0.820. The Morgan fingerprint density at radius 2 is 1.44 bits per heavy atom. The molecule has 102 valence electrons. The molecule has 1 aromatic rings. The van der Waals surface area contributed by atoms with Crippen LogP contribution in [0.15, 0.2) is 24.3 Å². The van der Waals surface area contributed by atoms with Crippen molar-refractivity contribution in [1.82, 2.24) is 5.32 Å². The van der Waals surface area contributed by atoms with Crippen LogP contribution in [0.25, 0.3) is 0 Å². The van der Waals surface area contributed by atoms with Crippen molar-refractivity contribution in [3.05, 3.63) is 35.4 Å². The smallest absolute Gasteiger partial charge is 0.0213 e. The molecule has 0 radical (unpaired) electrons. The molecule has 0 unspecified atom stereocenters. The van der Waals surface area contributed by atoms with Crippen molar-refractivity contribution in [1.29, 1.82) is 0 Å². The maximum Gasteiger partial charge on any atom is 0.0213 e. The number of aryl methyl sites for hydroxylation is 1. The third kappa shape index (κ3) is 6.20. The predicted octanol–water partition coefficient (Wildman–Crippen LogP) is 4.55. The van der Waals surface area contributed by atoms with Gasteiger partial charge in [-0.3, -0.25) is 0 Å². The topological polar surface area (TPSA) is 12.0 Å². The van der Waals surface area contributed by atoms with Gasteiger partial charge in [-0.1, -0.05) is 45.0 Å². The largest absolute Gasteiger partial charge is 0.308 e. The molecule has 0 aromatic heterocycles. The zero-order valence-corrected chi connectivity index (χ0v) is 12.9. The second-order valence-electron chi connectivity index (χ2n) is 7.43. The highest BCUT2D eigenvalue weighted by Crippen LogP contribution is 2.23. The van der Waals surface area contributed by atoms with Gasteiger partial charge in [-0.25, -0.2) is 0 Å². The average Bonchev–Trinajstić information content (AvgIpc) is 2.22. The molecule has 1 heteroatoms. The number of rotatable bonds is 4. The highest BCUT2D eigenvalue weighted by atomic mass is 14.9. The van der Waals surface area contributed by atoms with E-state index in [2.05, 4.69) is 71.1 Å². The first-order valence-corrected chi connectivity index (χ1v) is 6.99. The lowest BCUT2D eigenvalue weighted by atomic mass is 9.87. The average molecular weight is 247 g/mol. The summed E-state index contributed by atoms with van der Waals surface area (Å²) >= 11 is 0. The molecular formula is C17H29N. The van der Waals surface area contributed by atoms with Gasteiger partial charge in [0, 0.05) is 12.1 Å². The van der Waals surface area contributed by atoms with E-state index in [9.17, 15) is 0 Å². The van der Waals surface area contributed by atoms with Crippen molar-refractivity contribution in [3.63, 3.8) is 0 Å². The molecule has 0 aliphatic heterocycles. The first-order chi connectivity index (χ1) is 8.17. The second-order valence-corrected chi connectivity index (χ2v) is 7.43. The zero-order chi connectivity index (χ0) is 13.8. The van der Waals surface area contributed by atoms with Gasteiger partial charge in [-0.15, -0.1) is 0 Å². The molecule has 0 spiro atoms. The van der Waals surface area contributed by atoms with E-state index >= 15 is 0 Å². The van der Waals surface area contributed by atoms with Gasteiger partial charge < -0.3 is 5.32 Å². The molecule has 0 bridgehead atoms. The van der Waals surface area contributed by atoms with Crippen molar-refractivity contribution in [2.24, 2.45) is 5.41 Å². The van der Waals surface area contributed by atoms with Crippen LogP contribution in [0.5, 0.6) is 0 Å². The Morgan fingerprint density at radius 1 is 0.889 bits per heavy atom. The van der Waals surface area contributed by atoms with Crippen LogP contribution in [0.2, 0.25) is 0 Å². The molecule has 0 amide bonds. The summed E-state index contributed by atoms with van der Waals surface area (Å²) in [5, 5.41) is 3.58. The summed E-state index contributed by atoms with van der Waals surface area (Å²) in [6.45, 7) is 14.5. The summed E-state index contributed by atoms with van der Waals surface area (Å²) in [5.74, 6) is 0. The maximum absolute atomic E-state index is 3.58. The molecule has 1 rings (SSSR count). The molecule has 18 heavy (non-hydrogen) atoms. The van der Waals surface area contributed by atoms with Crippen molar-refractivity contribution in [2.75, 3.05) is 0 Å². The predicted molar refractivity (Wildman–Crippen MR) is 80.8 cm³/mol. The number of hydrogen-bond acceptors (Lipinski definition) is 1. The SMILES string of the molecule is CC(C)(C)CCc1ccccc1CNC(C)(C)C. The number of hydrogen-bond donors (Lipinski definition) is 1. The van der Waals surface area contributed by atoms with E-state index in [0.717, 1.165) is 6.54 Å². The second kappa shape index (κ2) is 5.88. The van der Waals surface area contributed by atoms with Crippen LogP contribution in [0.3, 0.4) is 0 Å². The summed E-state index contributed by atoms with van der Waals surface area (Å²) in [6.07, 6.45) is 2.41. The monoisotopic (exact) mass is 247 g/mol. The molecular weight excluding hydrogens is 218 g/mol. The van der Waals surface area contributed by atoms with Gasteiger partial charge in [0.15, 0.2) is 0 Å². The summed E-state index contributed by atoms with van der Waals surface area (Å²) < 4.78 is 0. The van der Waals surface area contributed by atoms with Crippen LogP contribution in [-0.4, -0.2) is 5.54 Å². The van der Waals surface area contributed by atoms with Crippen LogP contribution < -0.4 is 5.32 Å². The molecule has 1 aromatic carbocycles. The van der Waals surface area contributed by atoms with Crippen molar-refractivity contribution in [3.8, 4) is 0 Å². The van der Waals surface area contributed by atoms with Gasteiger partial charge in [0.2, 0.25) is 0 Å². The zero-order valence-electron chi connectivity index (χ0n) is 12.9. The molecule has 1 nitrogen and oxygen atoms in total. The number of benzene rings is 1. The highest BCUT2D eigenvalue weighted by molar-refractivity contribution is 5.27. The quantitative estimate of drug-likeness (QED) is 0.823. The van der Waals surface area contributed by atoms with Crippen LogP contribution >= 0.6 is 0 Å². The maximum atomic E-state index is 3.58. The van der Waals surface area contributed by atoms with E-state index in [1.165, 1.54) is 24.0 Å². The fourth-order valence-electron chi connectivity index (χ4n) is 1.84. The van der Waals surface area contributed by atoms with E-state index in [0.29, 0.717) is 5.41 Å². The van der Waals surface area contributed by atoms with E-state index in [4.69, 9.17) is 0 Å². The first-order valence-electron chi connectivity index (χ1n) is 6.99. The van der Waals surface area contributed by atoms with E-state index in [1.807, 2.05) is 0 Å². The fourth-order valence-corrected chi connectivity index (χ4v) is 1.84. The summed E-state index contributed by atoms with van der Waals surface area (Å²) in [6, 6.07) is 8.81. The Morgan fingerprint density at radius 3 is 1.94 bits per heavy atom. The lowest BCUT2D eigenvalue weighted by molar-refractivity contribution is 0.376. The van der Waals surface area contributed by atoms with Crippen LogP contribution in [0.1, 0.15) is 59.1 Å². The van der Waals surface area contributed by atoms with Gasteiger partial charge in [-0.2, -0.15) is 0 Å². The Bertz CT molecular complexity index is 329. The third-order valence-corrected chi connectivity index (χ3v) is 3.07. The standard InChI is InChI=1S/C17H29N/c1-16(2,3)12-11-14-9-7-8-10-15(14)13-18-17(4,5)6/h7-10,18H,11-13H2,1-6H3. The lowest BCUT2D eigenvalue weighted by Gasteiger charge is -2.23. The normalized spacial score (nSPS) is 12.8. The minimum Gasteiger partial charge on any atom is -0.308 e. The van der Waals surface area contributed by atoms with Crippen molar-refractivity contribution in [2.45, 2.75) is 66.5 Å².